The van der Waals surface area contributed by atoms with Crippen LogP contribution in [-0.4, -0.2) is 35.8 Å². The second-order valence-electron chi connectivity index (χ2n) is 3.00. The van der Waals surface area contributed by atoms with Gasteiger partial charge >= 0.3 is 35.8 Å². The highest BCUT2D eigenvalue weighted by Gasteiger charge is 1.65. The Morgan fingerprint density at radius 3 is 0.233 bits per heavy atom. The third kappa shape index (κ3) is 2160. The lowest BCUT2D eigenvalue weighted by atomic mass is 11.1. The molecule has 24 heteroatoms. The lowest BCUT2D eigenvalue weighted by Gasteiger charge is -1.59. The standard InChI is InChI=1S/6CH5N3.6ClH/c6*2-1(3)4;;;;;;/h6*(H5,2,3,4);6*1H. The average molecular weight is 573 g/mol. The fraction of sp³-hybridized carbons (Fsp3) is 0. The molecule has 0 unspecified atom stereocenters. The van der Waals surface area contributed by atoms with Gasteiger partial charge in [0, 0.05) is 0 Å². The van der Waals surface area contributed by atoms with Gasteiger partial charge in [-0.2, -0.15) is 0 Å². The molecule has 18 nitrogen and oxygen atoms in total. The van der Waals surface area contributed by atoms with E-state index in [2.05, 4.69) is 101 Å². The van der Waals surface area contributed by atoms with Gasteiger partial charge in [0.25, 0.3) is 0 Å². The summed E-state index contributed by atoms with van der Waals surface area (Å²) in [5, 5.41) is 27.5. The zero-order valence-electron chi connectivity index (χ0n) is 15.7. The summed E-state index contributed by atoms with van der Waals surface area (Å²) in [5.41, 5.74) is 55.0. The van der Waals surface area contributed by atoms with Crippen LogP contribution in [0.3, 0.4) is 0 Å². The number of nitrogens with two attached hydrogens (primary N) is 18. The van der Waals surface area contributed by atoms with Gasteiger partial charge in [-0.25, -0.2) is 0 Å². The maximum Gasteiger partial charge on any atom is 0.336 e. The minimum atomic E-state index is -0.0833. The van der Waals surface area contributed by atoms with Crippen molar-refractivity contribution in [3.8, 4) is 0 Å². The predicted octanol–water partition coefficient (Wildman–Crippen LogP) is -35.9. The van der Waals surface area contributed by atoms with Gasteiger partial charge in [0.1, 0.15) is 0 Å². The van der Waals surface area contributed by atoms with Crippen molar-refractivity contribution < 1.29 is 107 Å². The normalized spacial score (nSPS) is 4.80. The summed E-state index contributed by atoms with van der Waals surface area (Å²) in [6, 6.07) is 0. The largest absolute Gasteiger partial charge is 1.00 e. The second kappa shape index (κ2) is 71.9. The zero-order chi connectivity index (χ0) is 21.5. The zero-order valence-corrected chi connectivity index (χ0v) is 20.2. The number of guanidine groups is 6. The number of halogens is 6. The number of hydrogen-bond acceptors (Lipinski definition) is 0. The van der Waals surface area contributed by atoms with Crippen LogP contribution in [0.5, 0.6) is 0 Å². The van der Waals surface area contributed by atoms with E-state index >= 15 is 0 Å². The Bertz CT molecular complexity index is 272. The van der Waals surface area contributed by atoms with Crippen LogP contribution in [-0.2, 0) is 0 Å². The highest BCUT2D eigenvalue weighted by Crippen LogP contribution is 0.942. The minimum absolute atomic E-state index is 0. The summed E-state index contributed by atoms with van der Waals surface area (Å²) in [6.45, 7) is 0. The predicted molar refractivity (Wildman–Crippen MR) is 91.8 cm³/mol. The molecule has 0 amide bonds. The van der Waals surface area contributed by atoms with E-state index in [0.29, 0.717) is 0 Å². The van der Waals surface area contributed by atoms with Gasteiger partial charge in [0.05, 0.1) is 0 Å². The molecule has 0 rings (SSSR count). The lowest BCUT2D eigenvalue weighted by molar-refractivity contribution is -0.117. The molecule has 0 radical (unpaired) electrons. The van der Waals surface area contributed by atoms with Gasteiger partial charge in [-0.3, -0.25) is 101 Å². The second-order valence-corrected chi connectivity index (χ2v) is 3.00. The van der Waals surface area contributed by atoms with Crippen LogP contribution in [0.1, 0.15) is 0 Å². The molecule has 30 heavy (non-hydrogen) atoms. The molecule has 192 valence electrons. The van der Waals surface area contributed by atoms with Gasteiger partial charge in [0.2, 0.25) is 0 Å². The van der Waals surface area contributed by atoms with E-state index in [0.717, 1.165) is 0 Å². The van der Waals surface area contributed by atoms with E-state index in [4.69, 9.17) is 0 Å². The van der Waals surface area contributed by atoms with Crippen LogP contribution in [0.25, 0.3) is 0 Å². The molecule has 0 heterocycles. The Morgan fingerprint density at radius 2 is 0.233 bits per heavy atom. The Labute approximate surface area is 211 Å². The first-order chi connectivity index (χ1) is 10.4. The monoisotopic (exact) mass is 570 g/mol. The molecule has 0 fully saturated rings. The minimum Gasteiger partial charge on any atom is -1.00 e. The molecule has 0 saturated heterocycles. The first-order valence-corrected chi connectivity index (χ1v) is 5.20. The molecule has 0 aliphatic rings. The Hall–Kier alpha value is -2.64. The van der Waals surface area contributed by atoms with Crippen LogP contribution in [0.2, 0.25) is 0 Å². The molecule has 0 atom stereocenters. The Kier molecular flexibility index (Phi) is 193. The quantitative estimate of drug-likeness (QED) is 0.0948. The molecular formula is C6H36Cl6N18. The number of rotatable bonds is 0. The van der Waals surface area contributed by atoms with Crippen molar-refractivity contribution >= 4 is 35.8 Å². The summed E-state index contributed by atoms with van der Waals surface area (Å²) in [5.74, 6) is -0.500. The lowest BCUT2D eigenvalue weighted by Crippen LogP contribution is -3.00. The smallest absolute Gasteiger partial charge is 0.336 e. The van der Waals surface area contributed by atoms with Crippen LogP contribution < -0.4 is 176 Å². The van der Waals surface area contributed by atoms with Crippen molar-refractivity contribution in [1.82, 2.24) is 0 Å². The summed E-state index contributed by atoms with van der Waals surface area (Å²) in [7, 11) is 0. The van der Waals surface area contributed by atoms with E-state index < -0.39 is 0 Å². The fourth-order valence-electron chi connectivity index (χ4n) is 0. The van der Waals surface area contributed by atoms with E-state index in [1.54, 1.807) is 0 Å². The van der Waals surface area contributed by atoms with E-state index in [-0.39, 0.29) is 110 Å². The van der Waals surface area contributed by atoms with Crippen LogP contribution in [0.15, 0.2) is 0 Å². The highest BCUT2D eigenvalue weighted by atomic mass is 35.5. The maximum absolute atomic E-state index is 4.58. The van der Waals surface area contributed by atoms with Crippen molar-refractivity contribution in [2.75, 3.05) is 0 Å². The van der Waals surface area contributed by atoms with Crippen molar-refractivity contribution in [2.45, 2.75) is 0 Å². The van der Waals surface area contributed by atoms with Gasteiger partial charge in [0.15, 0.2) is 0 Å². The molecule has 0 saturated carbocycles. The van der Waals surface area contributed by atoms with Gasteiger partial charge in [-0.1, -0.05) is 0 Å². The van der Waals surface area contributed by atoms with Crippen molar-refractivity contribution in [1.29, 1.82) is 0 Å². The molecule has 0 aliphatic heterocycles. The van der Waals surface area contributed by atoms with Crippen LogP contribution >= 0.6 is 0 Å². The van der Waals surface area contributed by atoms with Crippen molar-refractivity contribution in [3.05, 3.63) is 0 Å². The first-order valence-electron chi connectivity index (χ1n) is 5.20. The molecule has 0 aromatic rings. The first kappa shape index (κ1) is 80.6. The Morgan fingerprint density at radius 1 is 0.233 bits per heavy atom. The van der Waals surface area contributed by atoms with Gasteiger partial charge in [-0.15, -0.1) is 0 Å². The van der Waals surface area contributed by atoms with E-state index in [9.17, 15) is 0 Å². The average Bonchev–Trinajstić information content (AvgIpc) is 2.08. The molecule has 36 N–H and O–H groups in total. The highest BCUT2D eigenvalue weighted by molar-refractivity contribution is 5.69. The molecule has 0 bridgehead atoms. The van der Waals surface area contributed by atoms with Crippen LogP contribution in [0.4, 0.5) is 0 Å². The molecular weight excluding hydrogens is 537 g/mol. The third-order valence-corrected chi connectivity index (χ3v) is 0. The van der Waals surface area contributed by atoms with Crippen molar-refractivity contribution in [2.24, 2.45) is 68.8 Å². The third-order valence-electron chi connectivity index (χ3n) is 0. The van der Waals surface area contributed by atoms with Gasteiger partial charge in [-0.05, 0) is 0 Å². The van der Waals surface area contributed by atoms with Crippen LogP contribution in [0, 0.1) is 0 Å². The molecule has 0 aliphatic carbocycles. The van der Waals surface area contributed by atoms with E-state index in [1.165, 1.54) is 0 Å². The summed E-state index contributed by atoms with van der Waals surface area (Å²) >= 11 is 0. The summed E-state index contributed by atoms with van der Waals surface area (Å²) < 4.78 is 0. The molecule has 0 aromatic heterocycles. The van der Waals surface area contributed by atoms with Crippen molar-refractivity contribution in [3.63, 3.8) is 0 Å². The molecule has 0 spiro atoms. The van der Waals surface area contributed by atoms with Gasteiger partial charge < -0.3 is 74.4 Å². The number of hydrogen-bond donors (Lipinski definition) is 18. The maximum atomic E-state index is 4.58. The summed E-state index contributed by atoms with van der Waals surface area (Å²) in [6.07, 6.45) is 0. The molecule has 0 aromatic carbocycles. The summed E-state index contributed by atoms with van der Waals surface area (Å²) in [4.78, 5) is 0. The Balaban J connectivity index is -0.0000000125. The SMILES string of the molecule is NC(N)=[NH2+].NC(N)=[NH2+].NC(N)=[NH2+].NC(N)=[NH2+].NC(N)=[NH2+].NC(N)=[NH2+].[Cl-].[Cl-].[Cl-].[Cl-].[Cl-].[Cl-]. The van der Waals surface area contributed by atoms with E-state index in [1.807, 2.05) is 0 Å². The topological polar surface area (TPSA) is 466 Å². The fourth-order valence-corrected chi connectivity index (χ4v) is 0.